The van der Waals surface area contributed by atoms with E-state index >= 15 is 0 Å². The highest BCUT2D eigenvalue weighted by atomic mass is 16.2. The third kappa shape index (κ3) is 6.71. The maximum atomic E-state index is 12.3. The van der Waals surface area contributed by atoms with Crippen molar-refractivity contribution < 1.29 is 4.79 Å². The third-order valence-corrected chi connectivity index (χ3v) is 4.32. The van der Waals surface area contributed by atoms with Gasteiger partial charge in [-0.2, -0.15) is 0 Å². The van der Waals surface area contributed by atoms with Crippen molar-refractivity contribution in [1.29, 1.82) is 0 Å². The Morgan fingerprint density at radius 2 is 1.75 bits per heavy atom. The molecule has 0 bridgehead atoms. The summed E-state index contributed by atoms with van der Waals surface area (Å²) in [4.78, 5) is 16.5. The molecule has 0 aromatic carbocycles. The zero-order chi connectivity index (χ0) is 15.0. The Labute approximate surface area is 124 Å². The summed E-state index contributed by atoms with van der Waals surface area (Å²) in [5, 5.41) is 0. The lowest BCUT2D eigenvalue weighted by atomic mass is 9.84. The van der Waals surface area contributed by atoms with Crippen LogP contribution < -0.4 is 5.73 Å². The molecule has 4 nitrogen and oxygen atoms in total. The second-order valence-corrected chi connectivity index (χ2v) is 6.50. The molecule has 0 atom stereocenters. The number of carbonyl (C=O) groups is 1. The average Bonchev–Trinajstić information content (AvgIpc) is 2.42. The van der Waals surface area contributed by atoms with E-state index in [1.807, 2.05) is 4.90 Å². The SMILES string of the molecule is CCCN(CCN(C)C)C(=O)CCC1CCC(N)CC1. The number of rotatable bonds is 8. The molecular formula is C16H33N3O. The monoisotopic (exact) mass is 283 g/mol. The van der Waals surface area contributed by atoms with Gasteiger partial charge in [-0.25, -0.2) is 0 Å². The van der Waals surface area contributed by atoms with E-state index in [1.54, 1.807) is 0 Å². The average molecular weight is 283 g/mol. The van der Waals surface area contributed by atoms with E-state index in [0.29, 0.717) is 18.4 Å². The van der Waals surface area contributed by atoms with Gasteiger partial charge in [-0.15, -0.1) is 0 Å². The van der Waals surface area contributed by atoms with E-state index in [-0.39, 0.29) is 0 Å². The van der Waals surface area contributed by atoms with Crippen LogP contribution in [0, 0.1) is 5.92 Å². The summed E-state index contributed by atoms with van der Waals surface area (Å²) in [6.07, 6.45) is 7.49. The van der Waals surface area contributed by atoms with Crippen LogP contribution in [0.25, 0.3) is 0 Å². The number of likely N-dealkylation sites (N-methyl/N-ethyl adjacent to an activating group) is 1. The smallest absolute Gasteiger partial charge is 0.222 e. The molecule has 1 rings (SSSR count). The summed E-state index contributed by atoms with van der Waals surface area (Å²) in [5.41, 5.74) is 5.93. The minimum Gasteiger partial charge on any atom is -0.341 e. The summed E-state index contributed by atoms with van der Waals surface area (Å²) in [6.45, 7) is 4.83. The molecule has 20 heavy (non-hydrogen) atoms. The van der Waals surface area contributed by atoms with Crippen molar-refractivity contribution in [3.63, 3.8) is 0 Å². The van der Waals surface area contributed by atoms with Crippen molar-refractivity contribution in [2.45, 2.75) is 57.9 Å². The van der Waals surface area contributed by atoms with E-state index in [2.05, 4.69) is 25.9 Å². The second kappa shape index (κ2) is 9.35. The minimum absolute atomic E-state index is 0.337. The Kier molecular flexibility index (Phi) is 8.15. The molecule has 0 unspecified atom stereocenters. The fourth-order valence-corrected chi connectivity index (χ4v) is 2.91. The predicted octanol–water partition coefficient (Wildman–Crippen LogP) is 2.08. The summed E-state index contributed by atoms with van der Waals surface area (Å²) in [6, 6.07) is 0.402. The molecule has 1 fully saturated rings. The molecule has 0 saturated heterocycles. The van der Waals surface area contributed by atoms with Gasteiger partial charge in [0, 0.05) is 32.1 Å². The van der Waals surface area contributed by atoms with Crippen LogP contribution in [0.5, 0.6) is 0 Å². The first kappa shape index (κ1) is 17.4. The van der Waals surface area contributed by atoms with Crippen molar-refractivity contribution in [2.75, 3.05) is 33.7 Å². The van der Waals surface area contributed by atoms with Crippen molar-refractivity contribution in [3.05, 3.63) is 0 Å². The van der Waals surface area contributed by atoms with E-state index in [4.69, 9.17) is 5.73 Å². The molecule has 1 amide bonds. The molecule has 0 aliphatic heterocycles. The van der Waals surface area contributed by atoms with Crippen molar-refractivity contribution in [2.24, 2.45) is 11.7 Å². The first-order valence-electron chi connectivity index (χ1n) is 8.21. The lowest BCUT2D eigenvalue weighted by molar-refractivity contribution is -0.131. The maximum Gasteiger partial charge on any atom is 0.222 e. The van der Waals surface area contributed by atoms with Crippen molar-refractivity contribution in [1.82, 2.24) is 9.80 Å². The van der Waals surface area contributed by atoms with Crippen LogP contribution in [0.1, 0.15) is 51.9 Å². The standard InChI is InChI=1S/C16H33N3O/c1-4-11-19(13-12-18(2)3)16(20)10-7-14-5-8-15(17)9-6-14/h14-15H,4-13,17H2,1-3H3. The predicted molar refractivity (Wildman–Crippen MR) is 84.6 cm³/mol. The van der Waals surface area contributed by atoms with E-state index in [1.165, 1.54) is 12.8 Å². The number of nitrogens with zero attached hydrogens (tertiary/aromatic N) is 2. The summed E-state index contributed by atoms with van der Waals surface area (Å²) >= 11 is 0. The number of nitrogens with two attached hydrogens (primary N) is 1. The lowest BCUT2D eigenvalue weighted by Gasteiger charge is -2.28. The van der Waals surface area contributed by atoms with Crippen LogP contribution in [-0.4, -0.2) is 55.5 Å². The van der Waals surface area contributed by atoms with Gasteiger partial charge in [-0.05, 0) is 58.5 Å². The molecule has 1 aliphatic carbocycles. The van der Waals surface area contributed by atoms with E-state index in [9.17, 15) is 4.79 Å². The van der Waals surface area contributed by atoms with Crippen LogP contribution >= 0.6 is 0 Å². The fourth-order valence-electron chi connectivity index (χ4n) is 2.91. The highest BCUT2D eigenvalue weighted by Crippen LogP contribution is 2.27. The Hall–Kier alpha value is -0.610. The number of hydrogen-bond donors (Lipinski definition) is 1. The molecule has 118 valence electrons. The Morgan fingerprint density at radius 1 is 1.10 bits per heavy atom. The normalized spacial score (nSPS) is 23.1. The molecule has 1 saturated carbocycles. The van der Waals surface area contributed by atoms with Crippen LogP contribution in [0.3, 0.4) is 0 Å². The van der Waals surface area contributed by atoms with Crippen molar-refractivity contribution in [3.8, 4) is 0 Å². The highest BCUT2D eigenvalue weighted by molar-refractivity contribution is 5.76. The van der Waals surface area contributed by atoms with Gasteiger partial charge < -0.3 is 15.5 Å². The van der Waals surface area contributed by atoms with Gasteiger partial charge in [0.1, 0.15) is 0 Å². The maximum absolute atomic E-state index is 12.3. The highest BCUT2D eigenvalue weighted by Gasteiger charge is 2.20. The van der Waals surface area contributed by atoms with Gasteiger partial charge in [-0.3, -0.25) is 4.79 Å². The van der Waals surface area contributed by atoms with Crippen molar-refractivity contribution >= 4 is 5.91 Å². The van der Waals surface area contributed by atoms with Gasteiger partial charge in [0.25, 0.3) is 0 Å². The van der Waals surface area contributed by atoms with Crippen LogP contribution in [0.15, 0.2) is 0 Å². The minimum atomic E-state index is 0.337. The third-order valence-electron chi connectivity index (χ3n) is 4.32. The molecule has 1 aliphatic rings. The molecule has 0 spiro atoms. The summed E-state index contributed by atoms with van der Waals surface area (Å²) in [5.74, 6) is 1.06. The Morgan fingerprint density at radius 3 is 2.30 bits per heavy atom. The first-order chi connectivity index (χ1) is 9.52. The zero-order valence-corrected chi connectivity index (χ0v) is 13.6. The van der Waals surface area contributed by atoms with E-state index < -0.39 is 0 Å². The number of hydrogen-bond acceptors (Lipinski definition) is 3. The summed E-state index contributed by atoms with van der Waals surface area (Å²) in [7, 11) is 4.11. The molecule has 4 heteroatoms. The van der Waals surface area contributed by atoms with Gasteiger partial charge in [0.2, 0.25) is 5.91 Å². The Balaban J connectivity index is 2.29. The fraction of sp³-hybridized carbons (Fsp3) is 0.938. The largest absolute Gasteiger partial charge is 0.341 e. The van der Waals surface area contributed by atoms with Crippen LogP contribution in [0.2, 0.25) is 0 Å². The quantitative estimate of drug-likeness (QED) is 0.742. The molecule has 0 aromatic rings. The molecule has 0 aromatic heterocycles. The van der Waals surface area contributed by atoms with Gasteiger partial charge >= 0.3 is 0 Å². The number of carbonyl (C=O) groups excluding carboxylic acids is 1. The topological polar surface area (TPSA) is 49.6 Å². The van der Waals surface area contributed by atoms with Gasteiger partial charge in [0.05, 0.1) is 0 Å². The Bertz CT molecular complexity index is 273. The molecule has 0 radical (unpaired) electrons. The van der Waals surface area contributed by atoms with E-state index in [0.717, 1.165) is 51.2 Å². The first-order valence-corrected chi connectivity index (χ1v) is 8.21. The molecule has 2 N–H and O–H groups in total. The molecule has 0 heterocycles. The summed E-state index contributed by atoms with van der Waals surface area (Å²) < 4.78 is 0. The second-order valence-electron chi connectivity index (χ2n) is 6.50. The number of amides is 1. The van der Waals surface area contributed by atoms with Gasteiger partial charge in [0.15, 0.2) is 0 Å². The lowest BCUT2D eigenvalue weighted by Crippen LogP contribution is -2.37. The molecular weight excluding hydrogens is 250 g/mol. The zero-order valence-electron chi connectivity index (χ0n) is 13.6. The van der Waals surface area contributed by atoms with Crippen LogP contribution in [-0.2, 0) is 4.79 Å². The van der Waals surface area contributed by atoms with Crippen LogP contribution in [0.4, 0.5) is 0 Å². The van der Waals surface area contributed by atoms with Gasteiger partial charge in [-0.1, -0.05) is 6.92 Å².